The quantitative estimate of drug-likeness (QED) is 0.606. The molecule has 0 amide bonds. The smallest absolute Gasteiger partial charge is 0.152 e. The van der Waals surface area contributed by atoms with Crippen LogP contribution in [0.3, 0.4) is 0 Å². The van der Waals surface area contributed by atoms with Crippen LogP contribution in [0.15, 0.2) is 11.4 Å². The molecule has 0 aromatic carbocycles. The third kappa shape index (κ3) is 3.08. The van der Waals surface area contributed by atoms with Crippen LogP contribution in [0.1, 0.15) is 32.0 Å². The zero-order chi connectivity index (χ0) is 13.9. The molecule has 108 valence electrons. The van der Waals surface area contributed by atoms with Gasteiger partial charge in [0.25, 0.3) is 0 Å². The summed E-state index contributed by atoms with van der Waals surface area (Å²) in [5.74, 6) is 8.06. The van der Waals surface area contributed by atoms with Gasteiger partial charge in [0.05, 0.1) is 11.9 Å². The van der Waals surface area contributed by atoms with Gasteiger partial charge in [-0.25, -0.2) is 15.8 Å². The Bertz CT molecular complexity index is 578. The van der Waals surface area contributed by atoms with Crippen molar-refractivity contribution in [3.05, 3.63) is 17.3 Å². The minimum Gasteiger partial charge on any atom is -0.308 e. The number of anilines is 1. The average Bonchev–Trinajstić information content (AvgIpc) is 3.13. The van der Waals surface area contributed by atoms with Crippen LogP contribution >= 0.6 is 11.3 Å². The summed E-state index contributed by atoms with van der Waals surface area (Å²) in [6, 6.07) is 2.01. The van der Waals surface area contributed by atoms with Gasteiger partial charge in [0, 0.05) is 6.54 Å². The fourth-order valence-corrected chi connectivity index (χ4v) is 3.28. The molecule has 0 spiro atoms. The van der Waals surface area contributed by atoms with Crippen molar-refractivity contribution in [2.45, 2.75) is 32.7 Å². The maximum absolute atomic E-state index is 5.57. The van der Waals surface area contributed by atoms with E-state index in [2.05, 4.69) is 27.2 Å². The first-order valence-electron chi connectivity index (χ1n) is 7.23. The van der Waals surface area contributed by atoms with Crippen molar-refractivity contribution in [1.82, 2.24) is 14.9 Å². The Balaban J connectivity index is 1.80. The minimum atomic E-state index is 0.731. The summed E-state index contributed by atoms with van der Waals surface area (Å²) < 4.78 is 0. The molecule has 20 heavy (non-hydrogen) atoms. The molecule has 0 bridgehead atoms. The van der Waals surface area contributed by atoms with Gasteiger partial charge in [0.2, 0.25) is 0 Å². The highest BCUT2D eigenvalue weighted by Gasteiger charge is 2.24. The van der Waals surface area contributed by atoms with Gasteiger partial charge in [0.1, 0.15) is 10.7 Å². The Labute approximate surface area is 123 Å². The number of hydrogen-bond acceptors (Lipinski definition) is 6. The molecule has 3 N–H and O–H groups in total. The molecule has 1 saturated carbocycles. The summed E-state index contributed by atoms with van der Waals surface area (Å²) in [7, 11) is 0. The largest absolute Gasteiger partial charge is 0.308 e. The van der Waals surface area contributed by atoms with Crippen LogP contribution < -0.4 is 11.3 Å². The molecule has 1 aliphatic rings. The number of rotatable bonds is 7. The lowest BCUT2D eigenvalue weighted by Gasteiger charge is -2.20. The Morgan fingerprint density at radius 3 is 3.00 bits per heavy atom. The molecule has 0 aliphatic heterocycles. The zero-order valence-corrected chi connectivity index (χ0v) is 12.6. The number of fused-ring (bicyclic) bond motifs is 1. The number of aromatic nitrogens is 2. The third-order valence-corrected chi connectivity index (χ3v) is 4.43. The molecule has 1 aliphatic carbocycles. The predicted octanol–water partition coefficient (Wildman–Crippen LogP) is 2.60. The van der Waals surface area contributed by atoms with Crippen molar-refractivity contribution in [2.75, 3.05) is 18.5 Å². The van der Waals surface area contributed by atoms with Crippen molar-refractivity contribution in [3.8, 4) is 0 Å². The number of nitrogens with one attached hydrogen (secondary N) is 1. The average molecular weight is 291 g/mol. The Morgan fingerprint density at radius 2 is 2.30 bits per heavy atom. The topological polar surface area (TPSA) is 67.1 Å². The molecule has 1 fully saturated rings. The van der Waals surface area contributed by atoms with E-state index in [-0.39, 0.29) is 0 Å². The highest BCUT2D eigenvalue weighted by molar-refractivity contribution is 7.16. The summed E-state index contributed by atoms with van der Waals surface area (Å²) in [4.78, 5) is 12.7. The molecule has 0 radical (unpaired) electrons. The van der Waals surface area contributed by atoms with E-state index in [9.17, 15) is 0 Å². The number of nitrogen functional groups attached to an aromatic ring is 1. The number of nitrogens with two attached hydrogens (primary N) is 1. The van der Waals surface area contributed by atoms with E-state index in [4.69, 9.17) is 5.84 Å². The molecular formula is C14H21N5S. The Kier molecular flexibility index (Phi) is 4.14. The normalized spacial score (nSPS) is 15.2. The second-order valence-corrected chi connectivity index (χ2v) is 6.35. The van der Waals surface area contributed by atoms with Crippen LogP contribution in [0.5, 0.6) is 0 Å². The molecule has 2 aromatic heterocycles. The van der Waals surface area contributed by atoms with Crippen molar-refractivity contribution in [3.63, 3.8) is 0 Å². The molecular weight excluding hydrogens is 270 g/mol. The number of hydrogen-bond donors (Lipinski definition) is 2. The Morgan fingerprint density at radius 1 is 1.45 bits per heavy atom. The van der Waals surface area contributed by atoms with E-state index in [1.165, 1.54) is 19.4 Å². The van der Waals surface area contributed by atoms with E-state index in [0.717, 1.165) is 47.3 Å². The predicted molar refractivity (Wildman–Crippen MR) is 83.5 cm³/mol. The molecule has 0 unspecified atom stereocenters. The van der Waals surface area contributed by atoms with E-state index in [0.29, 0.717) is 0 Å². The molecule has 2 aromatic rings. The summed E-state index contributed by atoms with van der Waals surface area (Å²) in [6.07, 6.45) is 3.91. The van der Waals surface area contributed by atoms with Gasteiger partial charge in [-0.2, -0.15) is 0 Å². The summed E-state index contributed by atoms with van der Waals surface area (Å²) in [5, 5.41) is 3.03. The highest BCUT2D eigenvalue weighted by Crippen LogP contribution is 2.30. The number of thiophene rings is 1. The van der Waals surface area contributed by atoms with Crippen LogP contribution in [-0.4, -0.2) is 28.0 Å². The van der Waals surface area contributed by atoms with E-state index >= 15 is 0 Å². The Hall–Kier alpha value is -1.24. The first-order valence-corrected chi connectivity index (χ1v) is 8.11. The van der Waals surface area contributed by atoms with Crippen molar-refractivity contribution in [2.24, 2.45) is 11.8 Å². The highest BCUT2D eigenvalue weighted by atomic mass is 32.1. The van der Waals surface area contributed by atoms with Gasteiger partial charge < -0.3 is 5.43 Å². The van der Waals surface area contributed by atoms with Crippen molar-refractivity contribution < 1.29 is 0 Å². The first-order chi connectivity index (χ1) is 9.80. The second kappa shape index (κ2) is 6.03. The van der Waals surface area contributed by atoms with Crippen LogP contribution in [0, 0.1) is 5.92 Å². The first kappa shape index (κ1) is 13.7. The van der Waals surface area contributed by atoms with E-state index < -0.39 is 0 Å². The summed E-state index contributed by atoms with van der Waals surface area (Å²) in [5.41, 5.74) is 2.69. The SMILES string of the molecule is CCCN(Cc1nc(NN)c2ccsc2n1)CC1CC1. The van der Waals surface area contributed by atoms with Crippen molar-refractivity contribution in [1.29, 1.82) is 0 Å². The fraction of sp³-hybridized carbons (Fsp3) is 0.571. The van der Waals surface area contributed by atoms with Gasteiger partial charge in [0.15, 0.2) is 5.82 Å². The van der Waals surface area contributed by atoms with Gasteiger partial charge in [-0.1, -0.05) is 6.92 Å². The molecule has 5 nitrogen and oxygen atoms in total. The third-order valence-electron chi connectivity index (χ3n) is 3.63. The van der Waals surface area contributed by atoms with Gasteiger partial charge in [-0.05, 0) is 43.2 Å². The lowest BCUT2D eigenvalue weighted by molar-refractivity contribution is 0.249. The molecule has 2 heterocycles. The van der Waals surface area contributed by atoms with Gasteiger partial charge in [-0.15, -0.1) is 11.3 Å². The number of nitrogens with zero attached hydrogens (tertiary/aromatic N) is 3. The summed E-state index contributed by atoms with van der Waals surface area (Å²) >= 11 is 1.63. The lowest BCUT2D eigenvalue weighted by atomic mass is 10.3. The van der Waals surface area contributed by atoms with Crippen LogP contribution in [-0.2, 0) is 6.54 Å². The number of hydrazine groups is 1. The lowest BCUT2D eigenvalue weighted by Crippen LogP contribution is -2.27. The zero-order valence-electron chi connectivity index (χ0n) is 11.8. The van der Waals surface area contributed by atoms with Crippen molar-refractivity contribution >= 4 is 27.4 Å². The molecule has 0 atom stereocenters. The van der Waals surface area contributed by atoms with E-state index in [1.54, 1.807) is 11.3 Å². The standard InChI is InChI=1S/C14H21N5S/c1-2-6-19(8-10-3-4-10)9-12-16-13(18-15)11-5-7-20-14(11)17-12/h5,7,10H,2-4,6,8-9,15H2,1H3,(H,16,17,18). The molecule has 0 saturated heterocycles. The summed E-state index contributed by atoms with van der Waals surface area (Å²) in [6.45, 7) is 5.31. The van der Waals surface area contributed by atoms with Crippen LogP contribution in [0.4, 0.5) is 5.82 Å². The second-order valence-electron chi connectivity index (χ2n) is 5.45. The van der Waals surface area contributed by atoms with Gasteiger partial charge in [-0.3, -0.25) is 4.90 Å². The van der Waals surface area contributed by atoms with E-state index in [1.807, 2.05) is 11.4 Å². The molecule has 3 rings (SSSR count). The molecule has 6 heteroatoms. The van der Waals surface area contributed by atoms with Crippen LogP contribution in [0.25, 0.3) is 10.2 Å². The maximum Gasteiger partial charge on any atom is 0.152 e. The van der Waals surface area contributed by atoms with Gasteiger partial charge >= 0.3 is 0 Å². The minimum absolute atomic E-state index is 0.731. The monoisotopic (exact) mass is 291 g/mol. The fourth-order valence-electron chi connectivity index (χ4n) is 2.50. The maximum atomic E-state index is 5.57. The van der Waals surface area contributed by atoms with Crippen LogP contribution in [0.2, 0.25) is 0 Å².